The molecule has 0 bridgehead atoms. The third-order valence-corrected chi connectivity index (χ3v) is 6.05. The molecule has 32 heavy (non-hydrogen) atoms. The molecule has 2 aromatic rings. The van der Waals surface area contributed by atoms with Gasteiger partial charge in [-0.2, -0.15) is 0 Å². The van der Waals surface area contributed by atoms with E-state index in [4.69, 9.17) is 39.5 Å². The third-order valence-electron chi connectivity index (χ3n) is 4.67. The molecule has 2 aromatic carbocycles. The molecule has 0 spiro atoms. The average Bonchev–Trinajstić information content (AvgIpc) is 2.72. The minimum Gasteiger partial charge on any atom is -0.482 e. The number of carbonyl (C=O) groups is 2. The van der Waals surface area contributed by atoms with Gasteiger partial charge in [0.25, 0.3) is 5.91 Å². The molecule has 1 N–H and O–H groups in total. The molecule has 0 saturated carbocycles. The van der Waals surface area contributed by atoms with Gasteiger partial charge in [0.1, 0.15) is 11.8 Å². The molecule has 2 amide bonds. The first-order valence-corrected chi connectivity index (χ1v) is 12.1. The molecule has 9 heteroatoms. The van der Waals surface area contributed by atoms with Gasteiger partial charge >= 0.3 is 0 Å². The van der Waals surface area contributed by atoms with E-state index in [0.717, 1.165) is 4.47 Å². The van der Waals surface area contributed by atoms with Gasteiger partial charge in [-0.25, -0.2) is 0 Å². The summed E-state index contributed by atoms with van der Waals surface area (Å²) in [7, 11) is 0. The lowest BCUT2D eigenvalue weighted by atomic mass is 10.1. The summed E-state index contributed by atoms with van der Waals surface area (Å²) < 4.78 is 6.46. The minimum absolute atomic E-state index is 0.139. The quantitative estimate of drug-likeness (QED) is 0.365. The SMILES string of the molecule is CCC(C(=O)NCC(C)C)N(Cc1ccc(Cl)cc1Cl)C(=O)COc1ccc(Br)cc1Cl. The van der Waals surface area contributed by atoms with E-state index in [1.54, 1.807) is 36.4 Å². The van der Waals surface area contributed by atoms with Crippen LogP contribution in [0.25, 0.3) is 0 Å². The van der Waals surface area contributed by atoms with E-state index >= 15 is 0 Å². The molecule has 1 atom stereocenters. The molecule has 0 aromatic heterocycles. The maximum absolute atomic E-state index is 13.2. The number of rotatable bonds is 10. The zero-order chi connectivity index (χ0) is 23.8. The Labute approximate surface area is 212 Å². The molecule has 0 aliphatic carbocycles. The Balaban J connectivity index is 2.26. The topological polar surface area (TPSA) is 58.6 Å². The second-order valence-electron chi connectivity index (χ2n) is 7.68. The van der Waals surface area contributed by atoms with Crippen molar-refractivity contribution in [2.45, 2.75) is 39.8 Å². The zero-order valence-electron chi connectivity index (χ0n) is 18.1. The minimum atomic E-state index is -0.683. The van der Waals surface area contributed by atoms with Crippen LogP contribution in [0, 0.1) is 5.92 Å². The monoisotopic (exact) mass is 562 g/mol. The first kappa shape index (κ1) is 26.8. The van der Waals surface area contributed by atoms with Crippen molar-refractivity contribution in [1.82, 2.24) is 10.2 Å². The highest BCUT2D eigenvalue weighted by atomic mass is 79.9. The van der Waals surface area contributed by atoms with Crippen LogP contribution in [0.3, 0.4) is 0 Å². The van der Waals surface area contributed by atoms with Crippen molar-refractivity contribution in [1.29, 1.82) is 0 Å². The Morgan fingerprint density at radius 2 is 1.81 bits per heavy atom. The summed E-state index contributed by atoms with van der Waals surface area (Å²) in [6.45, 7) is 6.25. The van der Waals surface area contributed by atoms with Gasteiger partial charge in [0.15, 0.2) is 6.61 Å². The molecule has 1 unspecified atom stereocenters. The predicted octanol–water partition coefficient (Wildman–Crippen LogP) is 6.37. The Hall–Kier alpha value is -1.47. The van der Waals surface area contributed by atoms with E-state index < -0.39 is 6.04 Å². The van der Waals surface area contributed by atoms with Crippen LogP contribution in [0.5, 0.6) is 5.75 Å². The number of hydrogen-bond acceptors (Lipinski definition) is 3. The normalized spacial score (nSPS) is 11.9. The standard InChI is InChI=1S/C23H26BrCl3N2O3/c1-4-20(23(31)28-11-14(2)3)29(12-15-5-7-17(25)10-18(15)26)22(30)13-32-21-8-6-16(24)9-19(21)27/h5-10,14,20H,4,11-13H2,1-3H3,(H,28,31). The van der Waals surface area contributed by atoms with Gasteiger partial charge in [0.05, 0.1) is 5.02 Å². The fourth-order valence-corrected chi connectivity index (χ4v) is 4.19. The predicted molar refractivity (Wildman–Crippen MR) is 134 cm³/mol. The summed E-state index contributed by atoms with van der Waals surface area (Å²) in [5.74, 6) is 0.0852. The first-order valence-electron chi connectivity index (χ1n) is 10.2. The van der Waals surface area contributed by atoms with E-state index in [9.17, 15) is 9.59 Å². The molecule has 0 radical (unpaired) electrons. The lowest BCUT2D eigenvalue weighted by Crippen LogP contribution is -2.50. The van der Waals surface area contributed by atoms with Crippen LogP contribution < -0.4 is 10.1 Å². The first-order chi connectivity index (χ1) is 15.1. The van der Waals surface area contributed by atoms with Crippen molar-refractivity contribution < 1.29 is 14.3 Å². The molecule has 0 aliphatic heterocycles. The van der Waals surface area contributed by atoms with Crippen LogP contribution in [0.2, 0.25) is 15.1 Å². The van der Waals surface area contributed by atoms with Crippen molar-refractivity contribution >= 4 is 62.5 Å². The van der Waals surface area contributed by atoms with Crippen molar-refractivity contribution in [2.75, 3.05) is 13.2 Å². The van der Waals surface area contributed by atoms with Crippen molar-refractivity contribution in [3.05, 3.63) is 61.5 Å². The fourth-order valence-electron chi connectivity index (χ4n) is 2.99. The third kappa shape index (κ3) is 7.84. The van der Waals surface area contributed by atoms with Crippen LogP contribution in [-0.4, -0.2) is 35.9 Å². The van der Waals surface area contributed by atoms with Gasteiger partial charge in [-0.1, -0.05) is 77.6 Å². The van der Waals surface area contributed by atoms with Gasteiger partial charge in [-0.15, -0.1) is 0 Å². The van der Waals surface area contributed by atoms with Crippen molar-refractivity contribution in [3.63, 3.8) is 0 Å². The number of amides is 2. The lowest BCUT2D eigenvalue weighted by molar-refractivity contribution is -0.143. The molecule has 0 fully saturated rings. The van der Waals surface area contributed by atoms with E-state index in [2.05, 4.69) is 21.2 Å². The second-order valence-corrected chi connectivity index (χ2v) is 9.85. The highest BCUT2D eigenvalue weighted by Gasteiger charge is 2.29. The lowest BCUT2D eigenvalue weighted by Gasteiger charge is -2.31. The summed E-state index contributed by atoms with van der Waals surface area (Å²) in [6.07, 6.45) is 0.430. The maximum atomic E-state index is 13.2. The largest absolute Gasteiger partial charge is 0.482 e. The number of halogens is 4. The van der Waals surface area contributed by atoms with Crippen LogP contribution in [0.15, 0.2) is 40.9 Å². The van der Waals surface area contributed by atoms with Crippen LogP contribution in [0.4, 0.5) is 0 Å². The Morgan fingerprint density at radius 1 is 1.09 bits per heavy atom. The highest BCUT2D eigenvalue weighted by Crippen LogP contribution is 2.28. The average molecular weight is 565 g/mol. The summed E-state index contributed by atoms with van der Waals surface area (Å²) in [5, 5.41) is 4.20. The van der Waals surface area contributed by atoms with E-state index in [1.807, 2.05) is 20.8 Å². The molecule has 0 aliphatic rings. The Morgan fingerprint density at radius 3 is 2.41 bits per heavy atom. The molecule has 174 valence electrons. The van der Waals surface area contributed by atoms with Crippen molar-refractivity contribution in [3.8, 4) is 5.75 Å². The summed E-state index contributed by atoms with van der Waals surface area (Å²) >= 11 is 21.9. The van der Waals surface area contributed by atoms with Gasteiger partial charge in [-0.3, -0.25) is 9.59 Å². The Kier molecular flexibility index (Phi) is 10.6. The molecule has 2 rings (SSSR count). The smallest absolute Gasteiger partial charge is 0.261 e. The van der Waals surface area contributed by atoms with Gasteiger partial charge in [-0.05, 0) is 48.2 Å². The molecule has 0 saturated heterocycles. The van der Waals surface area contributed by atoms with Crippen LogP contribution >= 0.6 is 50.7 Å². The van der Waals surface area contributed by atoms with Crippen LogP contribution in [-0.2, 0) is 16.1 Å². The number of nitrogens with one attached hydrogen (secondary N) is 1. The van der Waals surface area contributed by atoms with Crippen molar-refractivity contribution in [2.24, 2.45) is 5.92 Å². The molecule has 0 heterocycles. The molecular formula is C23H26BrCl3N2O3. The number of benzene rings is 2. The maximum Gasteiger partial charge on any atom is 0.261 e. The highest BCUT2D eigenvalue weighted by molar-refractivity contribution is 9.10. The number of ether oxygens (including phenoxy) is 1. The molecular weight excluding hydrogens is 539 g/mol. The van der Waals surface area contributed by atoms with E-state index in [0.29, 0.717) is 39.3 Å². The number of carbonyl (C=O) groups excluding carboxylic acids is 2. The van der Waals surface area contributed by atoms with Gasteiger partial charge in [0.2, 0.25) is 5.91 Å². The van der Waals surface area contributed by atoms with Gasteiger partial charge < -0.3 is 15.0 Å². The molecule has 5 nitrogen and oxygen atoms in total. The Bertz CT molecular complexity index is 956. The summed E-state index contributed by atoms with van der Waals surface area (Å²) in [6, 6.07) is 9.49. The second kappa shape index (κ2) is 12.7. The van der Waals surface area contributed by atoms with E-state index in [1.165, 1.54) is 4.90 Å². The fraction of sp³-hybridized carbons (Fsp3) is 0.391. The number of hydrogen-bond donors (Lipinski definition) is 1. The van der Waals surface area contributed by atoms with Gasteiger partial charge in [0, 0.05) is 27.6 Å². The zero-order valence-corrected chi connectivity index (χ0v) is 22.0. The van der Waals surface area contributed by atoms with Crippen LogP contribution in [0.1, 0.15) is 32.8 Å². The summed E-state index contributed by atoms with van der Waals surface area (Å²) in [4.78, 5) is 27.6. The van der Waals surface area contributed by atoms with E-state index in [-0.39, 0.29) is 30.9 Å². The number of nitrogens with zero attached hydrogens (tertiary/aromatic N) is 1. The summed E-state index contributed by atoms with van der Waals surface area (Å²) in [5.41, 5.74) is 0.682.